The van der Waals surface area contributed by atoms with E-state index in [-0.39, 0.29) is 5.91 Å². The molecule has 2 saturated heterocycles. The second kappa shape index (κ2) is 8.07. The van der Waals surface area contributed by atoms with E-state index < -0.39 is 0 Å². The highest BCUT2D eigenvalue weighted by atomic mass is 16.6. The number of nitrogens with zero attached hydrogens (tertiary/aromatic N) is 2. The van der Waals surface area contributed by atoms with E-state index in [0.29, 0.717) is 36.5 Å². The number of rotatable bonds is 3. The molecule has 0 bridgehead atoms. The highest BCUT2D eigenvalue weighted by molar-refractivity contribution is 5.98. The molecule has 0 aromatic heterocycles. The normalized spacial score (nSPS) is 21.5. The molecule has 27 heavy (non-hydrogen) atoms. The fourth-order valence-electron chi connectivity index (χ4n) is 4.33. The van der Waals surface area contributed by atoms with Gasteiger partial charge in [0.2, 0.25) is 0 Å². The number of amides is 1. The predicted molar refractivity (Wildman–Crippen MR) is 103 cm³/mol. The molecule has 1 amide bonds. The van der Waals surface area contributed by atoms with Crippen LogP contribution in [-0.4, -0.2) is 74.4 Å². The minimum atomic E-state index is 0.0625. The maximum atomic E-state index is 13.2. The molecule has 0 aliphatic carbocycles. The van der Waals surface area contributed by atoms with E-state index in [1.807, 2.05) is 17.0 Å². The molecule has 1 aromatic rings. The summed E-state index contributed by atoms with van der Waals surface area (Å²) in [4.78, 5) is 17.7. The van der Waals surface area contributed by atoms with Gasteiger partial charge in [0.25, 0.3) is 5.91 Å². The molecule has 6 nitrogen and oxygen atoms in total. The van der Waals surface area contributed by atoms with Crippen LogP contribution in [0, 0.1) is 0 Å². The molecule has 4 rings (SSSR count). The lowest BCUT2D eigenvalue weighted by Crippen LogP contribution is -2.50. The summed E-state index contributed by atoms with van der Waals surface area (Å²) < 4.78 is 17.2. The number of hydrogen-bond acceptors (Lipinski definition) is 5. The minimum Gasteiger partial charge on any atom is -0.486 e. The van der Waals surface area contributed by atoms with Crippen LogP contribution in [0.2, 0.25) is 0 Å². The first-order valence-electron chi connectivity index (χ1n) is 10.2. The zero-order valence-electron chi connectivity index (χ0n) is 16.4. The number of morpholine rings is 1. The highest BCUT2D eigenvalue weighted by Gasteiger charge is 2.31. The number of fused-ring (bicyclic) bond motifs is 1. The van der Waals surface area contributed by atoms with Gasteiger partial charge in [0.05, 0.1) is 18.8 Å². The lowest BCUT2D eigenvalue weighted by molar-refractivity contribution is 0.00152. The van der Waals surface area contributed by atoms with Gasteiger partial charge in [-0.15, -0.1) is 0 Å². The Labute approximate surface area is 161 Å². The average molecular weight is 374 g/mol. The fourth-order valence-corrected chi connectivity index (χ4v) is 4.33. The Hall–Kier alpha value is -1.79. The zero-order chi connectivity index (χ0) is 18.8. The Bertz CT molecular complexity index is 677. The van der Waals surface area contributed by atoms with Crippen molar-refractivity contribution < 1.29 is 19.0 Å². The molecule has 2 fully saturated rings. The molecular weight excluding hydrogens is 344 g/mol. The average Bonchev–Trinajstić information content (AvgIpc) is 2.73. The van der Waals surface area contributed by atoms with Gasteiger partial charge in [-0.1, -0.05) is 19.9 Å². The van der Waals surface area contributed by atoms with Crippen molar-refractivity contribution in [1.82, 2.24) is 9.80 Å². The third kappa shape index (κ3) is 3.78. The summed E-state index contributed by atoms with van der Waals surface area (Å²) >= 11 is 0. The van der Waals surface area contributed by atoms with Crippen molar-refractivity contribution >= 4 is 5.91 Å². The van der Waals surface area contributed by atoms with E-state index >= 15 is 0 Å². The largest absolute Gasteiger partial charge is 0.486 e. The minimum absolute atomic E-state index is 0.0625. The van der Waals surface area contributed by atoms with Gasteiger partial charge in [0, 0.05) is 37.8 Å². The second-order valence-corrected chi connectivity index (χ2v) is 7.88. The molecule has 1 aromatic carbocycles. The first-order chi connectivity index (χ1) is 13.1. The van der Waals surface area contributed by atoms with E-state index in [4.69, 9.17) is 14.2 Å². The smallest absolute Gasteiger partial charge is 0.257 e. The Balaban J connectivity index is 1.47. The molecule has 0 N–H and O–H groups in total. The van der Waals surface area contributed by atoms with Gasteiger partial charge < -0.3 is 19.1 Å². The van der Waals surface area contributed by atoms with Crippen LogP contribution in [0.15, 0.2) is 12.1 Å². The van der Waals surface area contributed by atoms with Crippen molar-refractivity contribution in [3.05, 3.63) is 23.3 Å². The van der Waals surface area contributed by atoms with Crippen molar-refractivity contribution in [3.8, 4) is 11.5 Å². The van der Waals surface area contributed by atoms with Gasteiger partial charge in [-0.2, -0.15) is 0 Å². The molecule has 3 heterocycles. The van der Waals surface area contributed by atoms with Gasteiger partial charge in [0.15, 0.2) is 11.5 Å². The van der Waals surface area contributed by atoms with Crippen molar-refractivity contribution in [2.45, 2.75) is 38.6 Å². The Morgan fingerprint density at radius 2 is 1.63 bits per heavy atom. The van der Waals surface area contributed by atoms with Crippen molar-refractivity contribution in [3.63, 3.8) is 0 Å². The standard InChI is InChI=1S/C21H30N2O4/c1-15(2)17-3-4-18(20-19(17)26-13-14-27-20)21(24)23-7-5-16(6-8-23)22-9-11-25-12-10-22/h3-4,15-16H,5-14H2,1-2H3. The Morgan fingerprint density at radius 3 is 2.30 bits per heavy atom. The Morgan fingerprint density at radius 1 is 0.963 bits per heavy atom. The van der Waals surface area contributed by atoms with Crippen LogP contribution in [0.4, 0.5) is 0 Å². The lowest BCUT2D eigenvalue weighted by atomic mass is 9.97. The lowest BCUT2D eigenvalue weighted by Gasteiger charge is -2.40. The molecule has 0 saturated carbocycles. The number of benzene rings is 1. The summed E-state index contributed by atoms with van der Waals surface area (Å²) in [5.74, 6) is 1.78. The summed E-state index contributed by atoms with van der Waals surface area (Å²) in [6, 6.07) is 4.50. The van der Waals surface area contributed by atoms with Crippen LogP contribution in [0.25, 0.3) is 0 Å². The van der Waals surface area contributed by atoms with E-state index in [1.54, 1.807) is 0 Å². The van der Waals surface area contributed by atoms with E-state index in [1.165, 1.54) is 0 Å². The number of piperidine rings is 1. The summed E-state index contributed by atoms with van der Waals surface area (Å²) in [5.41, 5.74) is 1.74. The summed E-state index contributed by atoms with van der Waals surface area (Å²) in [7, 11) is 0. The van der Waals surface area contributed by atoms with Gasteiger partial charge >= 0.3 is 0 Å². The fraction of sp³-hybridized carbons (Fsp3) is 0.667. The maximum absolute atomic E-state index is 13.2. The summed E-state index contributed by atoms with van der Waals surface area (Å²) in [5, 5.41) is 0. The molecular formula is C21H30N2O4. The topological polar surface area (TPSA) is 51.2 Å². The van der Waals surface area contributed by atoms with Gasteiger partial charge in [-0.25, -0.2) is 0 Å². The second-order valence-electron chi connectivity index (χ2n) is 7.88. The van der Waals surface area contributed by atoms with Crippen molar-refractivity contribution in [2.24, 2.45) is 0 Å². The molecule has 148 valence electrons. The Kier molecular flexibility index (Phi) is 5.55. The first-order valence-corrected chi connectivity index (χ1v) is 10.2. The quantitative estimate of drug-likeness (QED) is 0.814. The zero-order valence-corrected chi connectivity index (χ0v) is 16.4. The third-order valence-corrected chi connectivity index (χ3v) is 5.88. The van der Waals surface area contributed by atoms with E-state index in [9.17, 15) is 4.79 Å². The molecule has 6 heteroatoms. The number of likely N-dealkylation sites (tertiary alicyclic amines) is 1. The van der Waals surface area contributed by atoms with Crippen molar-refractivity contribution in [1.29, 1.82) is 0 Å². The number of carbonyl (C=O) groups is 1. The van der Waals surface area contributed by atoms with E-state index in [2.05, 4.69) is 18.7 Å². The summed E-state index contributed by atoms with van der Waals surface area (Å²) in [6.07, 6.45) is 2.05. The van der Waals surface area contributed by atoms with Gasteiger partial charge in [0.1, 0.15) is 13.2 Å². The molecule has 0 unspecified atom stereocenters. The maximum Gasteiger partial charge on any atom is 0.257 e. The summed E-state index contributed by atoms with van der Waals surface area (Å²) in [6.45, 7) is 10.5. The molecule has 3 aliphatic heterocycles. The van der Waals surface area contributed by atoms with Gasteiger partial charge in [-0.05, 0) is 24.8 Å². The molecule has 0 spiro atoms. The number of carbonyl (C=O) groups excluding carboxylic acids is 1. The van der Waals surface area contributed by atoms with Gasteiger partial charge in [-0.3, -0.25) is 9.69 Å². The van der Waals surface area contributed by atoms with E-state index in [0.717, 1.165) is 63.5 Å². The molecule has 0 atom stereocenters. The highest BCUT2D eigenvalue weighted by Crippen LogP contribution is 2.41. The predicted octanol–water partition coefficient (Wildman–Crippen LogP) is 2.52. The molecule has 3 aliphatic rings. The van der Waals surface area contributed by atoms with Crippen LogP contribution in [0.1, 0.15) is 48.5 Å². The monoisotopic (exact) mass is 374 g/mol. The van der Waals surface area contributed by atoms with Crippen LogP contribution >= 0.6 is 0 Å². The SMILES string of the molecule is CC(C)c1ccc(C(=O)N2CCC(N3CCOCC3)CC2)c2c1OCCO2. The van der Waals surface area contributed by atoms with Crippen LogP contribution < -0.4 is 9.47 Å². The van der Waals surface area contributed by atoms with Crippen LogP contribution in [-0.2, 0) is 4.74 Å². The number of hydrogen-bond donors (Lipinski definition) is 0. The third-order valence-electron chi connectivity index (χ3n) is 5.88. The van der Waals surface area contributed by atoms with Crippen molar-refractivity contribution in [2.75, 3.05) is 52.6 Å². The van der Waals surface area contributed by atoms with Crippen LogP contribution in [0.3, 0.4) is 0 Å². The molecule has 0 radical (unpaired) electrons. The first kappa shape index (κ1) is 18.6. The van der Waals surface area contributed by atoms with Crippen LogP contribution in [0.5, 0.6) is 11.5 Å². The number of ether oxygens (including phenoxy) is 3.